The van der Waals surface area contributed by atoms with Crippen LogP contribution in [0.25, 0.3) is 10.2 Å². The lowest BCUT2D eigenvalue weighted by Crippen LogP contribution is -2.21. The molecule has 2 amide bonds. The fraction of sp³-hybridized carbons (Fsp3) is 0.0952. The van der Waals surface area contributed by atoms with Gasteiger partial charge in [-0.05, 0) is 41.5 Å². The quantitative estimate of drug-likeness (QED) is 0.410. The van der Waals surface area contributed by atoms with E-state index >= 15 is 0 Å². The molecule has 2 aromatic heterocycles. The predicted molar refractivity (Wildman–Crippen MR) is 115 cm³/mol. The standard InChI is InChI=1S/C21H16ClFN4O2S/c22-14-5-1-4-13(7-14)11-24-20(29)17-10-16-19(26-27-21(16)30-17)25-18(28)9-12-3-2-6-15(23)8-12/h1-8,10H,9,11H2,(H,24,29)(H2,25,26,27,28). The number of carbonyl (C=O) groups excluding carboxylic acids is 2. The van der Waals surface area contributed by atoms with E-state index in [1.54, 1.807) is 30.3 Å². The summed E-state index contributed by atoms with van der Waals surface area (Å²) in [5.41, 5.74) is 1.46. The van der Waals surface area contributed by atoms with Crippen molar-refractivity contribution in [2.24, 2.45) is 0 Å². The molecule has 0 spiro atoms. The number of amides is 2. The number of fused-ring (bicyclic) bond motifs is 1. The third kappa shape index (κ3) is 4.67. The number of carbonyl (C=O) groups is 2. The molecule has 4 rings (SSSR count). The van der Waals surface area contributed by atoms with E-state index < -0.39 is 5.82 Å². The molecule has 0 fully saturated rings. The van der Waals surface area contributed by atoms with Gasteiger partial charge in [0.25, 0.3) is 5.91 Å². The average molecular weight is 443 g/mol. The molecule has 9 heteroatoms. The Hall–Kier alpha value is -3.23. The minimum atomic E-state index is -0.393. The summed E-state index contributed by atoms with van der Waals surface area (Å²) in [5.74, 6) is -0.550. The predicted octanol–water partition coefficient (Wildman–Crippen LogP) is 4.53. The van der Waals surface area contributed by atoms with E-state index in [1.165, 1.54) is 23.5 Å². The number of rotatable bonds is 6. The number of benzene rings is 2. The van der Waals surface area contributed by atoms with Crippen molar-refractivity contribution in [1.82, 2.24) is 15.5 Å². The number of hydrogen-bond donors (Lipinski definition) is 3. The highest BCUT2D eigenvalue weighted by molar-refractivity contribution is 7.20. The van der Waals surface area contributed by atoms with Crippen LogP contribution in [0.5, 0.6) is 0 Å². The van der Waals surface area contributed by atoms with Crippen molar-refractivity contribution in [3.05, 3.63) is 81.4 Å². The Balaban J connectivity index is 1.42. The molecule has 4 aromatic rings. The van der Waals surface area contributed by atoms with Gasteiger partial charge in [-0.15, -0.1) is 11.3 Å². The topological polar surface area (TPSA) is 86.9 Å². The number of hydrogen-bond acceptors (Lipinski definition) is 4. The Morgan fingerprint density at radius 2 is 1.90 bits per heavy atom. The van der Waals surface area contributed by atoms with Crippen molar-refractivity contribution in [3.63, 3.8) is 0 Å². The van der Waals surface area contributed by atoms with Crippen LogP contribution in [-0.4, -0.2) is 22.0 Å². The van der Waals surface area contributed by atoms with E-state index in [-0.39, 0.29) is 18.2 Å². The highest BCUT2D eigenvalue weighted by atomic mass is 35.5. The van der Waals surface area contributed by atoms with Gasteiger partial charge in [0.05, 0.1) is 16.7 Å². The van der Waals surface area contributed by atoms with Gasteiger partial charge in [-0.2, -0.15) is 5.10 Å². The monoisotopic (exact) mass is 442 g/mol. The Labute approximate surface area is 180 Å². The SMILES string of the molecule is O=C(Cc1cccc(F)c1)Nc1[nH]nc2sc(C(=O)NCc3cccc(Cl)c3)cc12. The first kappa shape index (κ1) is 20.1. The molecule has 2 heterocycles. The molecule has 0 unspecified atom stereocenters. The summed E-state index contributed by atoms with van der Waals surface area (Å²) >= 11 is 7.17. The molecular weight excluding hydrogens is 427 g/mol. The first-order valence-corrected chi connectivity index (χ1v) is 10.2. The summed E-state index contributed by atoms with van der Waals surface area (Å²) in [7, 11) is 0. The fourth-order valence-electron chi connectivity index (χ4n) is 2.95. The van der Waals surface area contributed by atoms with Crippen LogP contribution >= 0.6 is 22.9 Å². The van der Waals surface area contributed by atoms with E-state index in [4.69, 9.17) is 11.6 Å². The summed E-state index contributed by atoms with van der Waals surface area (Å²) < 4.78 is 13.3. The molecule has 6 nitrogen and oxygen atoms in total. The maximum absolute atomic E-state index is 13.3. The normalized spacial score (nSPS) is 10.9. The number of halogens is 2. The molecule has 0 bridgehead atoms. The maximum atomic E-state index is 13.3. The molecule has 0 aliphatic rings. The summed E-state index contributed by atoms with van der Waals surface area (Å²) in [6.45, 7) is 0.346. The molecule has 0 saturated carbocycles. The molecule has 0 radical (unpaired) electrons. The number of aromatic amines is 1. The van der Waals surface area contributed by atoms with Gasteiger partial charge in [-0.1, -0.05) is 35.9 Å². The van der Waals surface area contributed by atoms with Crippen molar-refractivity contribution >= 4 is 50.8 Å². The minimum absolute atomic E-state index is 0.0232. The van der Waals surface area contributed by atoms with Crippen LogP contribution in [0.3, 0.4) is 0 Å². The Bertz CT molecular complexity index is 1240. The van der Waals surface area contributed by atoms with Gasteiger partial charge < -0.3 is 10.6 Å². The van der Waals surface area contributed by atoms with Crippen molar-refractivity contribution < 1.29 is 14.0 Å². The van der Waals surface area contributed by atoms with Crippen LogP contribution in [-0.2, 0) is 17.8 Å². The molecule has 2 aromatic carbocycles. The second-order valence-electron chi connectivity index (χ2n) is 6.60. The third-order valence-electron chi connectivity index (χ3n) is 4.34. The molecule has 0 atom stereocenters. The van der Waals surface area contributed by atoms with Gasteiger partial charge in [-0.25, -0.2) is 4.39 Å². The molecule has 152 valence electrons. The molecule has 30 heavy (non-hydrogen) atoms. The van der Waals surface area contributed by atoms with Crippen LogP contribution in [0, 0.1) is 5.82 Å². The van der Waals surface area contributed by atoms with E-state index in [0.717, 1.165) is 5.56 Å². The zero-order chi connectivity index (χ0) is 21.1. The summed E-state index contributed by atoms with van der Waals surface area (Å²) in [4.78, 5) is 25.9. The molecule has 0 saturated heterocycles. The molecule has 0 aliphatic carbocycles. The Morgan fingerprint density at radius 1 is 1.10 bits per heavy atom. The lowest BCUT2D eigenvalue weighted by atomic mass is 10.1. The van der Waals surface area contributed by atoms with Crippen molar-refractivity contribution in [2.75, 3.05) is 5.32 Å². The van der Waals surface area contributed by atoms with Gasteiger partial charge in [0.1, 0.15) is 16.5 Å². The maximum Gasteiger partial charge on any atom is 0.261 e. The lowest BCUT2D eigenvalue weighted by Gasteiger charge is -2.04. The highest BCUT2D eigenvalue weighted by Gasteiger charge is 2.16. The Morgan fingerprint density at radius 3 is 2.70 bits per heavy atom. The number of nitrogens with zero attached hydrogens (tertiary/aromatic N) is 1. The van der Waals surface area contributed by atoms with Gasteiger partial charge >= 0.3 is 0 Å². The van der Waals surface area contributed by atoms with Gasteiger partial charge in [0.2, 0.25) is 5.91 Å². The fourth-order valence-corrected chi connectivity index (χ4v) is 4.08. The van der Waals surface area contributed by atoms with E-state index in [0.29, 0.717) is 38.0 Å². The van der Waals surface area contributed by atoms with E-state index in [2.05, 4.69) is 20.8 Å². The lowest BCUT2D eigenvalue weighted by molar-refractivity contribution is -0.115. The zero-order valence-corrected chi connectivity index (χ0v) is 17.1. The second kappa shape index (κ2) is 8.64. The summed E-state index contributed by atoms with van der Waals surface area (Å²) in [5, 5.41) is 13.7. The summed E-state index contributed by atoms with van der Waals surface area (Å²) in [6, 6.07) is 14.8. The molecular formula is C21H16ClFN4O2S. The number of aromatic nitrogens is 2. The smallest absolute Gasteiger partial charge is 0.261 e. The van der Waals surface area contributed by atoms with E-state index in [1.807, 2.05) is 12.1 Å². The number of anilines is 1. The van der Waals surface area contributed by atoms with Gasteiger partial charge in [-0.3, -0.25) is 14.7 Å². The van der Waals surface area contributed by atoms with Crippen LogP contribution in [0.15, 0.2) is 54.6 Å². The highest BCUT2D eigenvalue weighted by Crippen LogP contribution is 2.29. The van der Waals surface area contributed by atoms with Crippen molar-refractivity contribution in [1.29, 1.82) is 0 Å². The second-order valence-corrected chi connectivity index (χ2v) is 8.06. The van der Waals surface area contributed by atoms with Crippen molar-refractivity contribution in [3.8, 4) is 0 Å². The van der Waals surface area contributed by atoms with Crippen LogP contribution in [0.1, 0.15) is 20.8 Å². The Kier molecular flexibility index (Phi) is 5.78. The van der Waals surface area contributed by atoms with Crippen LogP contribution in [0.2, 0.25) is 5.02 Å². The van der Waals surface area contributed by atoms with Gasteiger partial charge in [0, 0.05) is 11.6 Å². The van der Waals surface area contributed by atoms with Crippen molar-refractivity contribution in [2.45, 2.75) is 13.0 Å². The van der Waals surface area contributed by atoms with Crippen LogP contribution in [0.4, 0.5) is 10.2 Å². The number of thiophene rings is 1. The first-order valence-electron chi connectivity index (χ1n) is 9.03. The first-order chi connectivity index (χ1) is 14.5. The zero-order valence-electron chi connectivity index (χ0n) is 15.5. The average Bonchev–Trinajstić information content (AvgIpc) is 3.28. The van der Waals surface area contributed by atoms with E-state index in [9.17, 15) is 14.0 Å². The number of H-pyrrole nitrogens is 1. The summed E-state index contributed by atoms with van der Waals surface area (Å²) in [6.07, 6.45) is 0.0232. The number of nitrogens with one attached hydrogen (secondary N) is 3. The molecule has 3 N–H and O–H groups in total. The third-order valence-corrected chi connectivity index (χ3v) is 5.60. The van der Waals surface area contributed by atoms with Crippen LogP contribution < -0.4 is 10.6 Å². The minimum Gasteiger partial charge on any atom is -0.347 e. The molecule has 0 aliphatic heterocycles. The van der Waals surface area contributed by atoms with Gasteiger partial charge in [0.15, 0.2) is 0 Å². The largest absolute Gasteiger partial charge is 0.347 e.